The zero-order chi connectivity index (χ0) is 14.6. The third-order valence-corrected chi connectivity index (χ3v) is 4.19. The molecule has 0 radical (unpaired) electrons. The average molecular weight is 275 g/mol. The van der Waals surface area contributed by atoms with E-state index in [-0.39, 0.29) is 11.0 Å². The van der Waals surface area contributed by atoms with E-state index in [1.165, 1.54) is 11.1 Å². The second kappa shape index (κ2) is 6.28. The summed E-state index contributed by atoms with van der Waals surface area (Å²) in [6.07, 6.45) is 3.38. The van der Waals surface area contributed by atoms with Crippen LogP contribution in [0.2, 0.25) is 0 Å². The van der Waals surface area contributed by atoms with Crippen molar-refractivity contribution in [3.05, 3.63) is 35.4 Å². The summed E-state index contributed by atoms with van der Waals surface area (Å²) in [5.41, 5.74) is 3.28. The fourth-order valence-electron chi connectivity index (χ4n) is 2.77. The van der Waals surface area contributed by atoms with Crippen LogP contribution in [0.4, 0.5) is 0 Å². The molecule has 0 aliphatic carbocycles. The molecule has 1 unspecified atom stereocenters. The maximum atomic E-state index is 5.70. The van der Waals surface area contributed by atoms with Gasteiger partial charge in [0.25, 0.3) is 0 Å². The Bertz CT molecular complexity index is 410. The zero-order valence-electron chi connectivity index (χ0n) is 13.5. The van der Waals surface area contributed by atoms with Gasteiger partial charge >= 0.3 is 0 Å². The number of ether oxygens (including phenoxy) is 1. The Kier molecular flexibility index (Phi) is 4.87. The van der Waals surface area contributed by atoms with Gasteiger partial charge in [0.2, 0.25) is 0 Å². The SMILES string of the molecule is CCc1ccc(CC2(CNC(C)(C)C)CCOC2)cc1. The summed E-state index contributed by atoms with van der Waals surface area (Å²) in [6.45, 7) is 11.7. The van der Waals surface area contributed by atoms with E-state index in [2.05, 4.69) is 57.3 Å². The Labute approximate surface area is 123 Å². The van der Waals surface area contributed by atoms with E-state index in [1.807, 2.05) is 0 Å². The van der Waals surface area contributed by atoms with Gasteiger partial charge in [-0.05, 0) is 51.2 Å². The molecule has 1 saturated heterocycles. The first kappa shape index (κ1) is 15.5. The summed E-state index contributed by atoms with van der Waals surface area (Å²) < 4.78 is 5.70. The molecule has 0 aromatic heterocycles. The summed E-state index contributed by atoms with van der Waals surface area (Å²) in [5, 5.41) is 3.67. The molecule has 1 aliphatic heterocycles. The molecule has 0 bridgehead atoms. The number of hydrogen-bond acceptors (Lipinski definition) is 2. The van der Waals surface area contributed by atoms with Gasteiger partial charge in [-0.1, -0.05) is 31.2 Å². The fraction of sp³-hybridized carbons (Fsp3) is 0.667. The largest absolute Gasteiger partial charge is 0.381 e. The predicted octanol–water partition coefficient (Wildman–Crippen LogP) is 3.59. The zero-order valence-corrected chi connectivity index (χ0v) is 13.5. The number of nitrogens with one attached hydrogen (secondary N) is 1. The van der Waals surface area contributed by atoms with Crippen LogP contribution < -0.4 is 5.32 Å². The van der Waals surface area contributed by atoms with Crippen LogP contribution in [-0.4, -0.2) is 25.3 Å². The third kappa shape index (κ3) is 4.32. The minimum Gasteiger partial charge on any atom is -0.381 e. The van der Waals surface area contributed by atoms with Crippen molar-refractivity contribution < 1.29 is 4.74 Å². The van der Waals surface area contributed by atoms with Crippen LogP contribution in [0.15, 0.2) is 24.3 Å². The lowest BCUT2D eigenvalue weighted by Gasteiger charge is -2.32. The van der Waals surface area contributed by atoms with Gasteiger partial charge < -0.3 is 10.1 Å². The normalized spacial score (nSPS) is 23.2. The smallest absolute Gasteiger partial charge is 0.0538 e. The van der Waals surface area contributed by atoms with E-state index in [9.17, 15) is 0 Å². The van der Waals surface area contributed by atoms with Crippen LogP contribution in [0.3, 0.4) is 0 Å². The molecule has 20 heavy (non-hydrogen) atoms. The molecule has 1 heterocycles. The lowest BCUT2D eigenvalue weighted by molar-refractivity contribution is 0.144. The molecule has 1 atom stereocenters. The van der Waals surface area contributed by atoms with Gasteiger partial charge in [0.1, 0.15) is 0 Å². The molecule has 112 valence electrons. The van der Waals surface area contributed by atoms with E-state index >= 15 is 0 Å². The highest BCUT2D eigenvalue weighted by Gasteiger charge is 2.35. The quantitative estimate of drug-likeness (QED) is 0.886. The maximum Gasteiger partial charge on any atom is 0.0538 e. The number of hydrogen-bond donors (Lipinski definition) is 1. The van der Waals surface area contributed by atoms with Crippen molar-refractivity contribution in [3.8, 4) is 0 Å². The minimum atomic E-state index is 0.168. The monoisotopic (exact) mass is 275 g/mol. The Hall–Kier alpha value is -0.860. The first-order chi connectivity index (χ1) is 9.42. The molecule has 0 amide bonds. The molecule has 1 aliphatic rings. The van der Waals surface area contributed by atoms with E-state index < -0.39 is 0 Å². The van der Waals surface area contributed by atoms with Gasteiger partial charge in [-0.15, -0.1) is 0 Å². The van der Waals surface area contributed by atoms with Crippen molar-refractivity contribution >= 4 is 0 Å². The van der Waals surface area contributed by atoms with Crippen molar-refractivity contribution in [2.24, 2.45) is 5.41 Å². The van der Waals surface area contributed by atoms with E-state index in [0.717, 1.165) is 39.0 Å². The second-order valence-electron chi connectivity index (χ2n) is 7.25. The van der Waals surface area contributed by atoms with Crippen LogP contribution in [0.25, 0.3) is 0 Å². The van der Waals surface area contributed by atoms with Crippen molar-refractivity contribution in [2.45, 2.75) is 52.5 Å². The Morgan fingerprint density at radius 1 is 1.15 bits per heavy atom. The Morgan fingerprint density at radius 3 is 2.30 bits per heavy atom. The maximum absolute atomic E-state index is 5.70. The molecule has 2 nitrogen and oxygen atoms in total. The van der Waals surface area contributed by atoms with Gasteiger partial charge in [-0.25, -0.2) is 0 Å². The highest BCUT2D eigenvalue weighted by atomic mass is 16.5. The van der Waals surface area contributed by atoms with Gasteiger partial charge in [0.05, 0.1) is 6.61 Å². The molecular weight excluding hydrogens is 246 g/mol. The van der Waals surface area contributed by atoms with Gasteiger partial charge in [0, 0.05) is 24.1 Å². The van der Waals surface area contributed by atoms with E-state index in [1.54, 1.807) is 0 Å². The molecule has 1 aromatic carbocycles. The van der Waals surface area contributed by atoms with Crippen LogP contribution in [-0.2, 0) is 17.6 Å². The van der Waals surface area contributed by atoms with Crippen LogP contribution in [0, 0.1) is 5.41 Å². The first-order valence-electron chi connectivity index (χ1n) is 7.83. The van der Waals surface area contributed by atoms with Crippen molar-refractivity contribution in [1.82, 2.24) is 5.32 Å². The molecule has 1 fully saturated rings. The summed E-state index contributed by atoms with van der Waals surface area (Å²) >= 11 is 0. The van der Waals surface area contributed by atoms with E-state index in [0.29, 0.717) is 0 Å². The summed E-state index contributed by atoms with van der Waals surface area (Å²) in [6, 6.07) is 9.10. The van der Waals surface area contributed by atoms with E-state index in [4.69, 9.17) is 4.74 Å². The topological polar surface area (TPSA) is 21.3 Å². The summed E-state index contributed by atoms with van der Waals surface area (Å²) in [5.74, 6) is 0. The average Bonchev–Trinajstić information content (AvgIpc) is 2.86. The predicted molar refractivity (Wildman–Crippen MR) is 85.1 cm³/mol. The van der Waals surface area contributed by atoms with Crippen molar-refractivity contribution in [3.63, 3.8) is 0 Å². The molecule has 0 saturated carbocycles. The Morgan fingerprint density at radius 2 is 1.80 bits per heavy atom. The molecular formula is C18H29NO. The third-order valence-electron chi connectivity index (χ3n) is 4.19. The minimum absolute atomic E-state index is 0.168. The highest BCUT2D eigenvalue weighted by molar-refractivity contribution is 5.24. The van der Waals surface area contributed by atoms with Crippen molar-refractivity contribution in [2.75, 3.05) is 19.8 Å². The van der Waals surface area contributed by atoms with Crippen LogP contribution >= 0.6 is 0 Å². The van der Waals surface area contributed by atoms with Gasteiger partial charge in [0.15, 0.2) is 0 Å². The summed E-state index contributed by atoms with van der Waals surface area (Å²) in [4.78, 5) is 0. The van der Waals surface area contributed by atoms with Crippen LogP contribution in [0.1, 0.15) is 45.2 Å². The molecule has 1 N–H and O–H groups in total. The fourth-order valence-corrected chi connectivity index (χ4v) is 2.77. The lowest BCUT2D eigenvalue weighted by Crippen LogP contribution is -2.45. The standard InChI is InChI=1S/C18H29NO/c1-5-15-6-8-16(9-7-15)12-18(10-11-20-14-18)13-19-17(2,3)4/h6-9,19H,5,10-14H2,1-4H3. The Balaban J connectivity index is 2.04. The van der Waals surface area contributed by atoms with Gasteiger partial charge in [-0.3, -0.25) is 0 Å². The lowest BCUT2D eigenvalue weighted by atomic mass is 9.80. The van der Waals surface area contributed by atoms with Crippen LogP contribution in [0.5, 0.6) is 0 Å². The first-order valence-corrected chi connectivity index (χ1v) is 7.83. The molecule has 0 spiro atoms. The van der Waals surface area contributed by atoms with Crippen molar-refractivity contribution in [1.29, 1.82) is 0 Å². The number of aryl methyl sites for hydroxylation is 1. The summed E-state index contributed by atoms with van der Waals surface area (Å²) in [7, 11) is 0. The molecule has 2 rings (SSSR count). The molecule has 1 aromatic rings. The van der Waals surface area contributed by atoms with Gasteiger partial charge in [-0.2, -0.15) is 0 Å². The molecule has 2 heteroatoms. The second-order valence-corrected chi connectivity index (χ2v) is 7.25. The highest BCUT2D eigenvalue weighted by Crippen LogP contribution is 2.32. The number of benzene rings is 1. The number of rotatable bonds is 5.